The van der Waals surface area contributed by atoms with Crippen molar-refractivity contribution in [2.75, 3.05) is 0 Å². The minimum Gasteiger partial charge on any atom is -0.388 e. The summed E-state index contributed by atoms with van der Waals surface area (Å²) in [5.74, 6) is -0.583. The van der Waals surface area contributed by atoms with Gasteiger partial charge in [0.1, 0.15) is 5.15 Å². The fraction of sp³-hybridized carbons (Fsp3) is 0.167. The summed E-state index contributed by atoms with van der Waals surface area (Å²) in [6.45, 7) is 0. The Bertz CT molecular complexity index is 317. The summed E-state index contributed by atoms with van der Waals surface area (Å²) in [6.07, 6.45) is -4.75. The molecule has 1 heterocycles. The van der Waals surface area contributed by atoms with Crippen molar-refractivity contribution in [2.45, 2.75) is 6.36 Å². The summed E-state index contributed by atoms with van der Waals surface area (Å²) in [4.78, 5) is 3.33. The van der Waals surface area contributed by atoms with Gasteiger partial charge in [0.05, 0.1) is 4.47 Å². The molecule has 0 bridgehead atoms. The van der Waals surface area contributed by atoms with Crippen LogP contribution < -0.4 is 4.74 Å². The summed E-state index contributed by atoms with van der Waals surface area (Å²) in [5, 5.41) is -0.0817. The number of halogens is 5. The second-order valence-corrected chi connectivity index (χ2v) is 3.18. The van der Waals surface area contributed by atoms with Crippen LogP contribution >= 0.6 is 27.5 Å². The van der Waals surface area contributed by atoms with Crippen LogP contribution in [-0.4, -0.2) is 11.3 Å². The molecule has 0 unspecified atom stereocenters. The highest BCUT2D eigenvalue weighted by atomic mass is 79.9. The third kappa shape index (κ3) is 3.40. The SMILES string of the molecule is FC(F)(F)Oc1ccc(Br)c(Cl)n1. The van der Waals surface area contributed by atoms with Crippen molar-refractivity contribution in [3.63, 3.8) is 0 Å². The van der Waals surface area contributed by atoms with Crippen LogP contribution in [0.5, 0.6) is 5.88 Å². The molecule has 0 aliphatic rings. The molecule has 72 valence electrons. The fourth-order valence-corrected chi connectivity index (χ4v) is 0.943. The van der Waals surface area contributed by atoms with Crippen LogP contribution in [0.1, 0.15) is 0 Å². The van der Waals surface area contributed by atoms with Crippen molar-refractivity contribution in [3.05, 3.63) is 21.8 Å². The molecule has 0 aliphatic heterocycles. The van der Waals surface area contributed by atoms with E-state index in [1.54, 1.807) is 0 Å². The standard InChI is InChI=1S/C6H2BrClF3NO/c7-3-1-2-4(12-5(3)8)13-6(9,10)11/h1-2H. The van der Waals surface area contributed by atoms with E-state index in [1.165, 1.54) is 6.07 Å². The van der Waals surface area contributed by atoms with E-state index in [1.807, 2.05) is 0 Å². The minimum absolute atomic E-state index is 0.0817. The highest BCUT2D eigenvalue weighted by molar-refractivity contribution is 9.10. The zero-order valence-electron chi connectivity index (χ0n) is 5.90. The second kappa shape index (κ2) is 3.71. The Hall–Kier alpha value is -0.490. The molecular weight excluding hydrogens is 274 g/mol. The van der Waals surface area contributed by atoms with Gasteiger partial charge in [-0.05, 0) is 22.0 Å². The van der Waals surface area contributed by atoms with E-state index in [2.05, 4.69) is 25.7 Å². The molecular formula is C6H2BrClF3NO. The maximum absolute atomic E-state index is 11.7. The molecule has 0 atom stereocenters. The van der Waals surface area contributed by atoms with Gasteiger partial charge in [0.2, 0.25) is 5.88 Å². The monoisotopic (exact) mass is 275 g/mol. The summed E-state index contributed by atoms with van der Waals surface area (Å²) in [6, 6.07) is 2.37. The lowest BCUT2D eigenvalue weighted by Crippen LogP contribution is -2.17. The number of alkyl halides is 3. The largest absolute Gasteiger partial charge is 0.574 e. The van der Waals surface area contributed by atoms with Crippen LogP contribution in [0.4, 0.5) is 13.2 Å². The Kier molecular flexibility index (Phi) is 3.02. The van der Waals surface area contributed by atoms with Gasteiger partial charge in [0, 0.05) is 6.07 Å². The van der Waals surface area contributed by atoms with E-state index in [0.29, 0.717) is 4.47 Å². The van der Waals surface area contributed by atoms with E-state index >= 15 is 0 Å². The van der Waals surface area contributed by atoms with E-state index < -0.39 is 12.2 Å². The molecule has 13 heavy (non-hydrogen) atoms. The highest BCUT2D eigenvalue weighted by Crippen LogP contribution is 2.26. The summed E-state index contributed by atoms with van der Waals surface area (Å²) >= 11 is 8.42. The average Bonchev–Trinajstić information content (AvgIpc) is 1.94. The zero-order chi connectivity index (χ0) is 10.1. The van der Waals surface area contributed by atoms with Gasteiger partial charge >= 0.3 is 6.36 Å². The first kappa shape index (κ1) is 10.6. The first-order valence-electron chi connectivity index (χ1n) is 2.96. The number of rotatable bonds is 1. The Labute approximate surface area is 84.8 Å². The van der Waals surface area contributed by atoms with Gasteiger partial charge in [0.25, 0.3) is 0 Å². The van der Waals surface area contributed by atoms with Crippen LogP contribution in [0, 0.1) is 0 Å². The minimum atomic E-state index is -4.75. The van der Waals surface area contributed by atoms with E-state index in [4.69, 9.17) is 11.6 Å². The number of hydrogen-bond acceptors (Lipinski definition) is 2. The molecule has 7 heteroatoms. The number of aromatic nitrogens is 1. The van der Waals surface area contributed by atoms with Gasteiger partial charge < -0.3 is 4.74 Å². The summed E-state index contributed by atoms with van der Waals surface area (Å²) < 4.78 is 38.9. The Morgan fingerprint density at radius 2 is 2.00 bits per heavy atom. The average molecular weight is 276 g/mol. The molecule has 1 rings (SSSR count). The van der Waals surface area contributed by atoms with Gasteiger partial charge in [0.15, 0.2) is 0 Å². The predicted octanol–water partition coefficient (Wildman–Crippen LogP) is 3.40. The number of nitrogens with zero attached hydrogens (tertiary/aromatic N) is 1. The van der Waals surface area contributed by atoms with Gasteiger partial charge in [-0.3, -0.25) is 0 Å². The second-order valence-electron chi connectivity index (χ2n) is 1.97. The van der Waals surface area contributed by atoms with Crippen LogP contribution in [0.15, 0.2) is 16.6 Å². The smallest absolute Gasteiger partial charge is 0.388 e. The first-order valence-corrected chi connectivity index (χ1v) is 4.13. The maximum Gasteiger partial charge on any atom is 0.574 e. The molecule has 0 radical (unpaired) electrons. The molecule has 1 aromatic rings. The predicted molar refractivity (Wildman–Crippen MR) is 43.6 cm³/mol. The molecule has 0 amide bonds. The number of ether oxygens (including phenoxy) is 1. The molecule has 0 aromatic carbocycles. The lowest BCUT2D eigenvalue weighted by Gasteiger charge is -2.07. The fourth-order valence-electron chi connectivity index (χ4n) is 0.576. The van der Waals surface area contributed by atoms with E-state index in [0.717, 1.165) is 6.07 Å². The van der Waals surface area contributed by atoms with Crippen molar-refractivity contribution in [1.82, 2.24) is 4.98 Å². The van der Waals surface area contributed by atoms with Crippen LogP contribution in [0.2, 0.25) is 5.15 Å². The molecule has 2 nitrogen and oxygen atoms in total. The van der Waals surface area contributed by atoms with Gasteiger partial charge in [-0.25, -0.2) is 4.98 Å². The van der Waals surface area contributed by atoms with Crippen LogP contribution in [0.25, 0.3) is 0 Å². The first-order chi connectivity index (χ1) is 5.88. The molecule has 0 fully saturated rings. The molecule has 0 saturated heterocycles. The third-order valence-corrected chi connectivity index (χ3v) is 2.15. The third-order valence-electron chi connectivity index (χ3n) is 0.998. The molecule has 1 aromatic heterocycles. The van der Waals surface area contributed by atoms with Gasteiger partial charge in [-0.2, -0.15) is 0 Å². The van der Waals surface area contributed by atoms with Gasteiger partial charge in [-0.15, -0.1) is 13.2 Å². The Morgan fingerprint density at radius 1 is 1.38 bits per heavy atom. The Morgan fingerprint density at radius 3 is 2.46 bits per heavy atom. The number of pyridine rings is 1. The Balaban J connectivity index is 2.86. The molecule has 0 spiro atoms. The van der Waals surface area contributed by atoms with Crippen molar-refractivity contribution in [3.8, 4) is 5.88 Å². The zero-order valence-corrected chi connectivity index (χ0v) is 8.24. The molecule has 0 N–H and O–H groups in total. The molecule has 0 aliphatic carbocycles. The number of hydrogen-bond donors (Lipinski definition) is 0. The quantitative estimate of drug-likeness (QED) is 0.734. The lowest BCUT2D eigenvalue weighted by molar-refractivity contribution is -0.276. The highest BCUT2D eigenvalue weighted by Gasteiger charge is 2.31. The normalized spacial score (nSPS) is 11.5. The lowest BCUT2D eigenvalue weighted by atomic mass is 10.5. The van der Waals surface area contributed by atoms with Crippen molar-refractivity contribution < 1.29 is 17.9 Å². The maximum atomic E-state index is 11.7. The summed E-state index contributed by atoms with van der Waals surface area (Å²) in [7, 11) is 0. The van der Waals surface area contributed by atoms with E-state index in [-0.39, 0.29) is 5.15 Å². The van der Waals surface area contributed by atoms with Crippen LogP contribution in [-0.2, 0) is 0 Å². The molecule has 0 saturated carbocycles. The van der Waals surface area contributed by atoms with Gasteiger partial charge in [-0.1, -0.05) is 11.6 Å². The summed E-state index contributed by atoms with van der Waals surface area (Å²) in [5.41, 5.74) is 0. The van der Waals surface area contributed by atoms with Crippen molar-refractivity contribution >= 4 is 27.5 Å². The van der Waals surface area contributed by atoms with Crippen molar-refractivity contribution in [1.29, 1.82) is 0 Å². The van der Waals surface area contributed by atoms with E-state index in [9.17, 15) is 13.2 Å². The van der Waals surface area contributed by atoms with Crippen molar-refractivity contribution in [2.24, 2.45) is 0 Å². The van der Waals surface area contributed by atoms with Crippen LogP contribution in [0.3, 0.4) is 0 Å². The topological polar surface area (TPSA) is 22.1 Å².